The summed E-state index contributed by atoms with van der Waals surface area (Å²) in [6, 6.07) is 0.571. The van der Waals surface area contributed by atoms with Gasteiger partial charge in [0, 0.05) is 19.0 Å². The van der Waals surface area contributed by atoms with Crippen LogP contribution in [0.1, 0.15) is 51.4 Å². The third-order valence-electron chi connectivity index (χ3n) is 6.59. The Kier molecular flexibility index (Phi) is 3.16. The van der Waals surface area contributed by atoms with E-state index in [-0.39, 0.29) is 5.92 Å². The summed E-state index contributed by atoms with van der Waals surface area (Å²) < 4.78 is 0. The van der Waals surface area contributed by atoms with Crippen molar-refractivity contribution in [2.24, 2.45) is 29.6 Å². The summed E-state index contributed by atoms with van der Waals surface area (Å²) in [6.07, 6.45) is 14.7. The zero-order valence-electron chi connectivity index (χ0n) is 12.6. The third-order valence-corrected chi connectivity index (χ3v) is 6.59. The Morgan fingerprint density at radius 3 is 2.20 bits per heavy atom. The van der Waals surface area contributed by atoms with Crippen LogP contribution in [0.25, 0.3) is 0 Å². The Hall–Kier alpha value is -0.790. The van der Waals surface area contributed by atoms with Gasteiger partial charge >= 0.3 is 0 Å². The zero-order chi connectivity index (χ0) is 13.7. The third kappa shape index (κ3) is 2.03. The highest BCUT2D eigenvalue weighted by molar-refractivity contribution is 5.79. The van der Waals surface area contributed by atoms with Gasteiger partial charge in [0.15, 0.2) is 0 Å². The molecule has 5 rings (SSSR count). The summed E-state index contributed by atoms with van der Waals surface area (Å²) in [4.78, 5) is 15.0. The van der Waals surface area contributed by atoms with Crippen LogP contribution in [0, 0.1) is 29.6 Å². The molecule has 0 saturated heterocycles. The quantitative estimate of drug-likeness (QED) is 0.704. The second-order valence-corrected chi connectivity index (χ2v) is 7.85. The first-order valence-corrected chi connectivity index (χ1v) is 8.64. The average Bonchev–Trinajstić information content (AvgIpc) is 2.46. The first kappa shape index (κ1) is 12.9. The van der Waals surface area contributed by atoms with Crippen LogP contribution in [-0.2, 0) is 4.79 Å². The first-order chi connectivity index (χ1) is 9.72. The molecule has 1 atom stereocenters. The van der Waals surface area contributed by atoms with Gasteiger partial charge in [-0.05, 0) is 75.0 Å². The predicted octanol–water partition coefficient (Wildman–Crippen LogP) is 3.63. The molecule has 0 aromatic rings. The first-order valence-electron chi connectivity index (χ1n) is 8.64. The summed E-state index contributed by atoms with van der Waals surface area (Å²) in [5.74, 6) is 4.33. The normalized spacial score (nSPS) is 45.6. The topological polar surface area (TPSA) is 20.3 Å². The van der Waals surface area contributed by atoms with Crippen molar-refractivity contribution >= 4 is 5.91 Å². The molecule has 2 heteroatoms. The largest absolute Gasteiger partial charge is 0.342 e. The predicted molar refractivity (Wildman–Crippen MR) is 80.1 cm³/mol. The lowest BCUT2D eigenvalue weighted by molar-refractivity contribution is -0.145. The molecule has 5 aliphatic carbocycles. The maximum Gasteiger partial charge on any atom is 0.226 e. The van der Waals surface area contributed by atoms with Crippen LogP contribution in [0.2, 0.25) is 0 Å². The monoisotopic (exact) mass is 273 g/mol. The van der Waals surface area contributed by atoms with Crippen LogP contribution in [0.5, 0.6) is 0 Å². The highest BCUT2D eigenvalue weighted by atomic mass is 16.2. The fraction of sp³-hybridized carbons (Fsp3) is 0.833. The van der Waals surface area contributed by atoms with Crippen LogP contribution in [0.3, 0.4) is 0 Å². The van der Waals surface area contributed by atoms with Gasteiger partial charge in [-0.2, -0.15) is 0 Å². The van der Waals surface area contributed by atoms with Crippen molar-refractivity contribution in [3.05, 3.63) is 12.2 Å². The molecule has 0 heterocycles. The number of hydrogen-bond acceptors (Lipinski definition) is 1. The summed E-state index contributed by atoms with van der Waals surface area (Å²) in [6.45, 7) is 0. The van der Waals surface area contributed by atoms with Crippen LogP contribution >= 0.6 is 0 Å². The van der Waals surface area contributed by atoms with E-state index in [9.17, 15) is 4.79 Å². The van der Waals surface area contributed by atoms with Crippen molar-refractivity contribution < 1.29 is 4.79 Å². The summed E-state index contributed by atoms with van der Waals surface area (Å²) in [7, 11) is 2.10. The van der Waals surface area contributed by atoms with Gasteiger partial charge < -0.3 is 4.90 Å². The minimum atomic E-state index is 0.266. The van der Waals surface area contributed by atoms with E-state index in [4.69, 9.17) is 0 Å². The Labute approximate surface area is 122 Å². The Balaban J connectivity index is 1.49. The zero-order valence-corrected chi connectivity index (χ0v) is 12.6. The molecule has 0 radical (unpaired) electrons. The van der Waals surface area contributed by atoms with Gasteiger partial charge in [0.2, 0.25) is 5.91 Å². The number of carbonyl (C=O) groups excluding carboxylic acids is 1. The lowest BCUT2D eigenvalue weighted by Gasteiger charge is -2.56. The Morgan fingerprint density at radius 2 is 1.65 bits per heavy atom. The lowest BCUT2D eigenvalue weighted by atomic mass is 9.54. The van der Waals surface area contributed by atoms with Crippen molar-refractivity contribution in [1.82, 2.24) is 4.90 Å². The van der Waals surface area contributed by atoms with Gasteiger partial charge in [0.05, 0.1) is 0 Å². The maximum atomic E-state index is 12.8. The number of hydrogen-bond donors (Lipinski definition) is 0. The maximum absolute atomic E-state index is 12.8. The van der Waals surface area contributed by atoms with Crippen LogP contribution in [0.15, 0.2) is 12.2 Å². The standard InChI is InChI=1S/C18H27NO/c1-19(18(20)14-5-3-2-4-6-14)17-15-8-12-7-13(10-15)11-16(17)9-12/h2-3,12-17H,4-11H2,1H3. The molecular weight excluding hydrogens is 246 g/mol. The van der Waals surface area contributed by atoms with Gasteiger partial charge in [-0.3, -0.25) is 4.79 Å². The minimum absolute atomic E-state index is 0.266. The van der Waals surface area contributed by atoms with Crippen molar-refractivity contribution in [2.45, 2.75) is 57.4 Å². The molecule has 0 aliphatic heterocycles. The molecule has 0 aromatic heterocycles. The molecule has 4 saturated carbocycles. The molecule has 4 bridgehead atoms. The number of carbonyl (C=O) groups is 1. The molecule has 4 fully saturated rings. The van der Waals surface area contributed by atoms with Crippen molar-refractivity contribution in [3.63, 3.8) is 0 Å². The van der Waals surface area contributed by atoms with Gasteiger partial charge in [0.1, 0.15) is 0 Å². The number of nitrogens with zero attached hydrogens (tertiary/aromatic N) is 1. The van der Waals surface area contributed by atoms with Crippen molar-refractivity contribution in [3.8, 4) is 0 Å². The van der Waals surface area contributed by atoms with Crippen molar-refractivity contribution in [2.75, 3.05) is 7.05 Å². The van der Waals surface area contributed by atoms with Crippen LogP contribution < -0.4 is 0 Å². The second kappa shape index (κ2) is 4.89. The highest BCUT2D eigenvalue weighted by Crippen LogP contribution is 2.55. The SMILES string of the molecule is CN(C(=O)C1CC=CCC1)C1C2CC3CC(C2)CC1C3. The van der Waals surface area contributed by atoms with E-state index >= 15 is 0 Å². The van der Waals surface area contributed by atoms with Gasteiger partial charge in [-0.25, -0.2) is 0 Å². The van der Waals surface area contributed by atoms with E-state index < -0.39 is 0 Å². The summed E-state index contributed by atoms with van der Waals surface area (Å²) >= 11 is 0. The van der Waals surface area contributed by atoms with E-state index in [1.54, 1.807) is 0 Å². The molecule has 1 amide bonds. The molecular formula is C18H27NO. The minimum Gasteiger partial charge on any atom is -0.342 e. The van der Waals surface area contributed by atoms with Gasteiger partial charge in [-0.1, -0.05) is 12.2 Å². The van der Waals surface area contributed by atoms with E-state index in [0.717, 1.165) is 42.9 Å². The molecule has 0 aromatic carbocycles. The van der Waals surface area contributed by atoms with Gasteiger partial charge in [0.25, 0.3) is 0 Å². The fourth-order valence-electron chi connectivity index (χ4n) is 5.98. The van der Waals surface area contributed by atoms with Crippen molar-refractivity contribution in [1.29, 1.82) is 0 Å². The fourth-order valence-corrected chi connectivity index (χ4v) is 5.98. The molecule has 2 nitrogen and oxygen atoms in total. The lowest BCUT2D eigenvalue weighted by Crippen LogP contribution is -2.57. The van der Waals surface area contributed by atoms with E-state index in [1.165, 1.54) is 32.1 Å². The number of rotatable bonds is 2. The molecule has 20 heavy (non-hydrogen) atoms. The number of allylic oxidation sites excluding steroid dienone is 2. The highest BCUT2D eigenvalue weighted by Gasteiger charge is 2.50. The average molecular weight is 273 g/mol. The van der Waals surface area contributed by atoms with E-state index in [0.29, 0.717) is 11.9 Å². The van der Waals surface area contributed by atoms with Gasteiger partial charge in [-0.15, -0.1) is 0 Å². The second-order valence-electron chi connectivity index (χ2n) is 7.85. The summed E-state index contributed by atoms with van der Waals surface area (Å²) in [5.41, 5.74) is 0. The van der Waals surface area contributed by atoms with E-state index in [1.807, 2.05) is 0 Å². The molecule has 5 aliphatic rings. The van der Waals surface area contributed by atoms with E-state index in [2.05, 4.69) is 24.1 Å². The van der Waals surface area contributed by atoms with Crippen LogP contribution in [0.4, 0.5) is 0 Å². The van der Waals surface area contributed by atoms with Crippen LogP contribution in [-0.4, -0.2) is 23.9 Å². The smallest absolute Gasteiger partial charge is 0.226 e. The molecule has 110 valence electrons. The molecule has 0 N–H and O–H groups in total. The molecule has 0 spiro atoms. The Bertz CT molecular complexity index is 399. The molecule has 1 unspecified atom stereocenters. The number of amides is 1. The summed E-state index contributed by atoms with van der Waals surface area (Å²) in [5, 5.41) is 0. The Morgan fingerprint density at radius 1 is 1.00 bits per heavy atom.